The zero-order valence-electron chi connectivity index (χ0n) is 22.5. The van der Waals surface area contributed by atoms with E-state index in [1.807, 2.05) is 36.4 Å². The Morgan fingerprint density at radius 2 is 1.23 bits per heavy atom. The number of benzene rings is 2. The molecule has 0 amide bonds. The smallest absolute Gasteiger partial charge is 0.343 e. The average Bonchev–Trinajstić information content (AvgIpc) is 2.88. The number of carbonyl (C=O) groups excluding carboxylic acids is 1. The Kier molecular flexibility index (Phi) is 15.1. The van der Waals surface area contributed by atoms with Crippen molar-refractivity contribution < 1.29 is 14.3 Å². The van der Waals surface area contributed by atoms with Gasteiger partial charge in [0.15, 0.2) is 0 Å². The summed E-state index contributed by atoms with van der Waals surface area (Å²) < 4.78 is 11.6. The van der Waals surface area contributed by atoms with E-state index in [-0.39, 0.29) is 12.1 Å². The summed E-state index contributed by atoms with van der Waals surface area (Å²) in [7, 11) is 0. The first-order valence-corrected chi connectivity index (χ1v) is 14.2. The van der Waals surface area contributed by atoms with Crippen molar-refractivity contribution in [2.45, 2.75) is 117 Å². The van der Waals surface area contributed by atoms with E-state index in [0.29, 0.717) is 11.3 Å². The van der Waals surface area contributed by atoms with Crippen LogP contribution in [-0.4, -0.2) is 12.6 Å². The van der Waals surface area contributed by atoms with Crippen LogP contribution < -0.4 is 4.74 Å². The van der Waals surface area contributed by atoms with Crippen LogP contribution in [0.4, 0.5) is 0 Å². The van der Waals surface area contributed by atoms with Crippen molar-refractivity contribution in [2.75, 3.05) is 6.61 Å². The summed E-state index contributed by atoms with van der Waals surface area (Å²) in [6.07, 6.45) is 17.9. The van der Waals surface area contributed by atoms with E-state index in [1.54, 1.807) is 0 Å². The molecule has 2 rings (SSSR count). The summed E-state index contributed by atoms with van der Waals surface area (Å²) in [5.74, 6) is 0.251. The third-order valence-electron chi connectivity index (χ3n) is 6.68. The van der Waals surface area contributed by atoms with E-state index in [4.69, 9.17) is 9.47 Å². The molecule has 35 heavy (non-hydrogen) atoms. The number of carbonyl (C=O) groups is 1. The summed E-state index contributed by atoms with van der Waals surface area (Å²) in [6, 6.07) is 15.5. The van der Waals surface area contributed by atoms with Gasteiger partial charge < -0.3 is 9.47 Å². The van der Waals surface area contributed by atoms with Crippen LogP contribution in [0.5, 0.6) is 5.75 Å². The molecular weight excluding hydrogens is 432 g/mol. The summed E-state index contributed by atoms with van der Waals surface area (Å²) in [5, 5.41) is 0. The Balaban J connectivity index is 1.68. The predicted molar refractivity (Wildman–Crippen MR) is 147 cm³/mol. The van der Waals surface area contributed by atoms with E-state index in [2.05, 4.69) is 32.9 Å². The molecule has 1 unspecified atom stereocenters. The standard InChI is InChI=1S/C32H48O3/c1-4-6-8-10-12-14-16-26-34-27(3)29-22-24-31(25-23-29)35-32(33)30-20-18-28(19-21-30)17-15-13-11-9-7-5-2/h18-25,27H,4-17,26H2,1-3H3. The molecule has 0 spiro atoms. The average molecular weight is 481 g/mol. The highest BCUT2D eigenvalue weighted by Crippen LogP contribution is 2.22. The normalized spacial score (nSPS) is 12.0. The fourth-order valence-corrected chi connectivity index (χ4v) is 4.31. The molecule has 0 N–H and O–H groups in total. The molecule has 0 heterocycles. The summed E-state index contributed by atoms with van der Waals surface area (Å²) in [5.41, 5.74) is 2.98. The largest absolute Gasteiger partial charge is 0.423 e. The minimum absolute atomic E-state index is 0.0408. The minimum Gasteiger partial charge on any atom is -0.423 e. The molecule has 194 valence electrons. The van der Waals surface area contributed by atoms with Gasteiger partial charge in [-0.15, -0.1) is 0 Å². The first kappa shape index (κ1) is 29.1. The van der Waals surface area contributed by atoms with Gasteiger partial charge in [0.1, 0.15) is 5.75 Å². The van der Waals surface area contributed by atoms with Crippen LogP contribution in [0.1, 0.15) is 132 Å². The van der Waals surface area contributed by atoms with Crippen molar-refractivity contribution in [3.63, 3.8) is 0 Å². The molecule has 0 aliphatic carbocycles. The van der Waals surface area contributed by atoms with Gasteiger partial charge in [0.2, 0.25) is 0 Å². The quantitative estimate of drug-likeness (QED) is 0.114. The highest BCUT2D eigenvalue weighted by atomic mass is 16.5. The Morgan fingerprint density at radius 1 is 0.686 bits per heavy atom. The van der Waals surface area contributed by atoms with E-state index >= 15 is 0 Å². The van der Waals surface area contributed by atoms with Crippen LogP contribution in [0.3, 0.4) is 0 Å². The topological polar surface area (TPSA) is 35.5 Å². The number of aryl methyl sites for hydroxylation is 1. The van der Waals surface area contributed by atoms with Gasteiger partial charge in [-0.3, -0.25) is 0 Å². The monoisotopic (exact) mass is 480 g/mol. The van der Waals surface area contributed by atoms with E-state index in [0.717, 1.165) is 25.0 Å². The fourth-order valence-electron chi connectivity index (χ4n) is 4.31. The van der Waals surface area contributed by atoms with Gasteiger partial charge in [-0.05, 0) is 61.6 Å². The third-order valence-corrected chi connectivity index (χ3v) is 6.68. The lowest BCUT2D eigenvalue weighted by Crippen LogP contribution is -2.08. The number of unbranched alkanes of at least 4 members (excludes halogenated alkanes) is 11. The molecule has 0 fully saturated rings. The van der Waals surface area contributed by atoms with Gasteiger partial charge >= 0.3 is 5.97 Å². The van der Waals surface area contributed by atoms with Crippen LogP contribution in [0.15, 0.2) is 48.5 Å². The molecule has 0 saturated carbocycles. The van der Waals surface area contributed by atoms with Crippen molar-refractivity contribution in [1.82, 2.24) is 0 Å². The Bertz CT molecular complexity index is 795. The second-order valence-corrected chi connectivity index (χ2v) is 9.81. The van der Waals surface area contributed by atoms with Crippen molar-refractivity contribution >= 4 is 5.97 Å². The zero-order valence-corrected chi connectivity index (χ0v) is 22.5. The van der Waals surface area contributed by atoms with Crippen LogP contribution in [-0.2, 0) is 11.2 Å². The number of ether oxygens (including phenoxy) is 2. The SMILES string of the molecule is CCCCCCCCCOC(C)c1ccc(OC(=O)c2ccc(CCCCCCCC)cc2)cc1. The second kappa shape index (κ2) is 18.2. The molecule has 3 nitrogen and oxygen atoms in total. The predicted octanol–water partition coefficient (Wildman–Crippen LogP) is 9.64. The first-order valence-electron chi connectivity index (χ1n) is 14.2. The van der Waals surface area contributed by atoms with Gasteiger partial charge in [0.05, 0.1) is 11.7 Å². The van der Waals surface area contributed by atoms with Crippen LogP contribution in [0.2, 0.25) is 0 Å². The molecule has 2 aromatic rings. The van der Waals surface area contributed by atoms with Crippen LogP contribution in [0.25, 0.3) is 0 Å². The molecule has 1 atom stereocenters. The molecule has 0 radical (unpaired) electrons. The summed E-state index contributed by atoms with van der Waals surface area (Å²) in [6.45, 7) is 7.37. The summed E-state index contributed by atoms with van der Waals surface area (Å²) in [4.78, 5) is 12.5. The molecule has 3 heteroatoms. The number of rotatable bonds is 19. The number of hydrogen-bond acceptors (Lipinski definition) is 3. The van der Waals surface area contributed by atoms with Gasteiger partial charge in [-0.2, -0.15) is 0 Å². The number of hydrogen-bond donors (Lipinski definition) is 0. The Labute approximate surface area is 214 Å². The van der Waals surface area contributed by atoms with Gasteiger partial charge in [-0.25, -0.2) is 4.79 Å². The van der Waals surface area contributed by atoms with E-state index in [9.17, 15) is 4.79 Å². The molecule has 0 aromatic heterocycles. The molecule has 2 aromatic carbocycles. The maximum absolute atomic E-state index is 12.5. The van der Waals surface area contributed by atoms with Gasteiger partial charge in [0.25, 0.3) is 0 Å². The van der Waals surface area contributed by atoms with E-state index in [1.165, 1.54) is 82.6 Å². The Hall–Kier alpha value is -2.13. The molecular formula is C32H48O3. The molecule has 0 bridgehead atoms. The molecule has 0 aliphatic heterocycles. The maximum atomic E-state index is 12.5. The highest BCUT2D eigenvalue weighted by molar-refractivity contribution is 5.91. The van der Waals surface area contributed by atoms with Crippen molar-refractivity contribution in [3.8, 4) is 5.75 Å². The molecule has 0 saturated heterocycles. The first-order chi connectivity index (χ1) is 17.1. The molecule has 0 aliphatic rings. The van der Waals surface area contributed by atoms with E-state index < -0.39 is 0 Å². The fraction of sp³-hybridized carbons (Fsp3) is 0.594. The highest BCUT2D eigenvalue weighted by Gasteiger charge is 2.10. The van der Waals surface area contributed by atoms with Crippen molar-refractivity contribution in [1.29, 1.82) is 0 Å². The minimum atomic E-state index is -0.313. The van der Waals surface area contributed by atoms with Gasteiger partial charge in [-0.1, -0.05) is 109 Å². The van der Waals surface area contributed by atoms with Crippen LogP contribution in [0, 0.1) is 0 Å². The van der Waals surface area contributed by atoms with Gasteiger partial charge in [0, 0.05) is 6.61 Å². The lowest BCUT2D eigenvalue weighted by molar-refractivity contribution is 0.0627. The summed E-state index contributed by atoms with van der Waals surface area (Å²) >= 11 is 0. The van der Waals surface area contributed by atoms with Crippen molar-refractivity contribution in [3.05, 3.63) is 65.2 Å². The maximum Gasteiger partial charge on any atom is 0.343 e. The Morgan fingerprint density at radius 3 is 1.83 bits per heavy atom. The number of esters is 1. The second-order valence-electron chi connectivity index (χ2n) is 9.81. The lowest BCUT2D eigenvalue weighted by Gasteiger charge is -2.14. The third kappa shape index (κ3) is 12.4. The van der Waals surface area contributed by atoms with Crippen LogP contribution >= 0.6 is 0 Å². The van der Waals surface area contributed by atoms with Crippen molar-refractivity contribution in [2.24, 2.45) is 0 Å². The zero-order chi connectivity index (χ0) is 25.1. The lowest BCUT2D eigenvalue weighted by atomic mass is 10.0.